The van der Waals surface area contributed by atoms with Crippen molar-refractivity contribution in [2.45, 2.75) is 45.8 Å². The third-order valence-electron chi connectivity index (χ3n) is 3.59. The Balaban J connectivity index is 2.64. The van der Waals surface area contributed by atoms with Crippen molar-refractivity contribution in [2.75, 3.05) is 12.4 Å². The van der Waals surface area contributed by atoms with Gasteiger partial charge in [-0.15, -0.1) is 0 Å². The van der Waals surface area contributed by atoms with Gasteiger partial charge in [-0.3, -0.25) is 0 Å². The molecule has 2 rings (SSSR count). The van der Waals surface area contributed by atoms with E-state index in [0.717, 1.165) is 0 Å². The van der Waals surface area contributed by atoms with Gasteiger partial charge < -0.3 is 10.1 Å². The van der Waals surface area contributed by atoms with Crippen molar-refractivity contribution < 1.29 is 4.74 Å². The third-order valence-corrected chi connectivity index (χ3v) is 3.59. The van der Waals surface area contributed by atoms with Gasteiger partial charge in [0.15, 0.2) is 0 Å². The van der Waals surface area contributed by atoms with E-state index in [0.29, 0.717) is 0 Å². The Morgan fingerprint density at radius 2 is 1.45 bits per heavy atom. The Labute approximate surface area is 122 Å². The van der Waals surface area contributed by atoms with Crippen LogP contribution in [0, 0.1) is 0 Å². The Kier molecular flexibility index (Phi) is 3.79. The van der Waals surface area contributed by atoms with Crippen LogP contribution in [-0.4, -0.2) is 12.6 Å². The van der Waals surface area contributed by atoms with E-state index in [-0.39, 0.29) is 11.1 Å². The fourth-order valence-electron chi connectivity index (χ4n) is 2.45. The number of rotatable bonds is 3. The molecule has 0 saturated heterocycles. The van der Waals surface area contributed by atoms with Crippen molar-refractivity contribution in [1.82, 2.24) is 0 Å². The smallest absolute Gasteiger partial charge is 0.0877 e. The first-order chi connectivity index (χ1) is 9.24. The molecule has 2 aromatic carbocycles. The summed E-state index contributed by atoms with van der Waals surface area (Å²) in [6, 6.07) is 12.8. The van der Waals surface area contributed by atoms with Crippen molar-refractivity contribution in [2.24, 2.45) is 0 Å². The number of nitrogens with one attached hydrogen (secondary N) is 1. The Hall–Kier alpha value is -1.54. The predicted molar refractivity (Wildman–Crippen MR) is 87.4 cm³/mol. The van der Waals surface area contributed by atoms with Gasteiger partial charge in [0, 0.05) is 23.7 Å². The molecule has 0 heterocycles. The van der Waals surface area contributed by atoms with E-state index in [4.69, 9.17) is 4.74 Å². The van der Waals surface area contributed by atoms with Crippen LogP contribution >= 0.6 is 0 Å². The molecule has 2 heteroatoms. The second-order valence-electron chi connectivity index (χ2n) is 6.80. The normalized spacial score (nSPS) is 12.7. The topological polar surface area (TPSA) is 21.3 Å². The molecule has 0 atom stereocenters. The predicted octanol–water partition coefficient (Wildman–Crippen LogP) is 4.93. The first-order valence-electron chi connectivity index (χ1n) is 7.10. The molecule has 0 saturated carbocycles. The number of hydrogen-bond acceptors (Lipinski definition) is 2. The van der Waals surface area contributed by atoms with Crippen LogP contribution in [0.5, 0.6) is 0 Å². The molecule has 0 radical (unpaired) electrons. The summed E-state index contributed by atoms with van der Waals surface area (Å²) in [4.78, 5) is 0. The lowest BCUT2D eigenvalue weighted by atomic mass is 9.91. The van der Waals surface area contributed by atoms with Crippen LogP contribution in [0.15, 0.2) is 36.4 Å². The van der Waals surface area contributed by atoms with E-state index in [1.54, 1.807) is 7.11 Å². The van der Waals surface area contributed by atoms with Crippen molar-refractivity contribution in [3.05, 3.63) is 42.0 Å². The molecule has 1 N–H and O–H groups in total. The first kappa shape index (κ1) is 14.9. The average Bonchev–Trinajstić information content (AvgIpc) is 2.37. The standard InChI is InChI=1S/C18H25NO/c1-17(2,3)19-16-12-11-15(18(4,5)20-6)13-9-7-8-10-14(13)16/h7-12,19H,1-6H3. The average molecular weight is 271 g/mol. The molecule has 0 fully saturated rings. The maximum Gasteiger partial charge on any atom is 0.0877 e. The summed E-state index contributed by atoms with van der Waals surface area (Å²) >= 11 is 0. The molecule has 0 aliphatic heterocycles. The molecule has 0 spiro atoms. The van der Waals surface area contributed by atoms with Crippen molar-refractivity contribution in [3.8, 4) is 0 Å². The SMILES string of the molecule is COC(C)(C)c1ccc(NC(C)(C)C)c2ccccc12. The summed E-state index contributed by atoms with van der Waals surface area (Å²) in [7, 11) is 1.76. The summed E-state index contributed by atoms with van der Waals surface area (Å²) in [6.07, 6.45) is 0. The van der Waals surface area contributed by atoms with Gasteiger partial charge in [-0.05, 0) is 51.6 Å². The third kappa shape index (κ3) is 2.96. The number of ether oxygens (including phenoxy) is 1. The van der Waals surface area contributed by atoms with Crippen LogP contribution < -0.4 is 5.32 Å². The van der Waals surface area contributed by atoms with Crippen molar-refractivity contribution in [3.63, 3.8) is 0 Å². The molecule has 108 valence electrons. The van der Waals surface area contributed by atoms with E-state index in [2.05, 4.69) is 76.3 Å². The fraction of sp³-hybridized carbons (Fsp3) is 0.444. The number of hydrogen-bond donors (Lipinski definition) is 1. The van der Waals surface area contributed by atoms with Crippen LogP contribution in [0.2, 0.25) is 0 Å². The summed E-state index contributed by atoms with van der Waals surface area (Å²) in [5.74, 6) is 0. The quantitative estimate of drug-likeness (QED) is 0.854. The van der Waals surface area contributed by atoms with Gasteiger partial charge in [-0.1, -0.05) is 30.3 Å². The van der Waals surface area contributed by atoms with Crippen molar-refractivity contribution >= 4 is 16.5 Å². The van der Waals surface area contributed by atoms with Crippen LogP contribution in [0.4, 0.5) is 5.69 Å². The van der Waals surface area contributed by atoms with Gasteiger partial charge in [-0.25, -0.2) is 0 Å². The zero-order chi connectivity index (χ0) is 15.0. The molecular formula is C18H25NO. The molecule has 20 heavy (non-hydrogen) atoms. The molecule has 0 aromatic heterocycles. The zero-order valence-electron chi connectivity index (χ0n) is 13.4. The Bertz CT molecular complexity index is 608. The van der Waals surface area contributed by atoms with Crippen molar-refractivity contribution in [1.29, 1.82) is 0 Å². The van der Waals surface area contributed by atoms with E-state index in [1.807, 2.05) is 0 Å². The second kappa shape index (κ2) is 5.10. The summed E-state index contributed by atoms with van der Waals surface area (Å²) in [5.41, 5.74) is 2.14. The van der Waals surface area contributed by atoms with Crippen LogP contribution in [0.3, 0.4) is 0 Å². The number of fused-ring (bicyclic) bond motifs is 1. The first-order valence-corrected chi connectivity index (χ1v) is 7.10. The molecule has 0 unspecified atom stereocenters. The van der Waals surface area contributed by atoms with Gasteiger partial charge in [0.05, 0.1) is 5.60 Å². The lowest BCUT2D eigenvalue weighted by Gasteiger charge is -2.28. The molecular weight excluding hydrogens is 246 g/mol. The molecule has 2 nitrogen and oxygen atoms in total. The van der Waals surface area contributed by atoms with Gasteiger partial charge in [0.2, 0.25) is 0 Å². The molecule has 0 amide bonds. The molecule has 0 aliphatic carbocycles. The van der Waals surface area contributed by atoms with Crippen LogP contribution in [0.25, 0.3) is 10.8 Å². The Morgan fingerprint density at radius 3 is 2.00 bits per heavy atom. The molecule has 2 aromatic rings. The lowest BCUT2D eigenvalue weighted by Crippen LogP contribution is -2.26. The molecule has 0 aliphatic rings. The van der Waals surface area contributed by atoms with Gasteiger partial charge in [0.1, 0.15) is 0 Å². The monoisotopic (exact) mass is 271 g/mol. The highest BCUT2D eigenvalue weighted by molar-refractivity contribution is 5.96. The summed E-state index contributed by atoms with van der Waals surface area (Å²) in [5, 5.41) is 6.06. The molecule has 0 bridgehead atoms. The lowest BCUT2D eigenvalue weighted by molar-refractivity contribution is 0.0205. The number of benzene rings is 2. The Morgan fingerprint density at radius 1 is 0.850 bits per heavy atom. The maximum atomic E-state index is 5.65. The van der Waals surface area contributed by atoms with Gasteiger partial charge >= 0.3 is 0 Å². The van der Waals surface area contributed by atoms with E-state index in [1.165, 1.54) is 22.0 Å². The minimum Gasteiger partial charge on any atom is -0.380 e. The minimum absolute atomic E-state index is 0.0427. The largest absolute Gasteiger partial charge is 0.380 e. The van der Waals surface area contributed by atoms with Gasteiger partial charge in [0.25, 0.3) is 0 Å². The fourth-order valence-corrected chi connectivity index (χ4v) is 2.45. The highest BCUT2D eigenvalue weighted by Crippen LogP contribution is 2.35. The van der Waals surface area contributed by atoms with Gasteiger partial charge in [-0.2, -0.15) is 0 Å². The van der Waals surface area contributed by atoms with E-state index in [9.17, 15) is 0 Å². The summed E-state index contributed by atoms with van der Waals surface area (Å²) < 4.78 is 5.65. The number of anilines is 1. The minimum atomic E-state index is -0.292. The van der Waals surface area contributed by atoms with Crippen LogP contribution in [-0.2, 0) is 10.3 Å². The second-order valence-corrected chi connectivity index (χ2v) is 6.80. The zero-order valence-corrected chi connectivity index (χ0v) is 13.4. The van der Waals surface area contributed by atoms with E-state index < -0.39 is 0 Å². The van der Waals surface area contributed by atoms with Crippen LogP contribution in [0.1, 0.15) is 40.2 Å². The highest BCUT2D eigenvalue weighted by atomic mass is 16.5. The summed E-state index contributed by atoms with van der Waals surface area (Å²) in [6.45, 7) is 10.7. The number of methoxy groups -OCH3 is 1. The highest BCUT2D eigenvalue weighted by Gasteiger charge is 2.23. The maximum absolute atomic E-state index is 5.65. The van der Waals surface area contributed by atoms with E-state index >= 15 is 0 Å².